The number of carbonyl (C=O) groups is 1. The fraction of sp³-hybridized carbons (Fsp3) is 0.909. The van der Waals surface area contributed by atoms with Crippen molar-refractivity contribution >= 4 is 5.91 Å². The van der Waals surface area contributed by atoms with Gasteiger partial charge in [-0.1, -0.05) is 27.2 Å². The predicted molar refractivity (Wildman–Crippen MR) is 60.2 cm³/mol. The van der Waals surface area contributed by atoms with E-state index >= 15 is 0 Å². The summed E-state index contributed by atoms with van der Waals surface area (Å²) in [6.07, 6.45) is 2.33. The van der Waals surface area contributed by atoms with Gasteiger partial charge in [-0.15, -0.1) is 0 Å². The van der Waals surface area contributed by atoms with E-state index in [1.165, 1.54) is 6.42 Å². The van der Waals surface area contributed by atoms with E-state index in [9.17, 15) is 4.79 Å². The van der Waals surface area contributed by atoms with E-state index in [0.29, 0.717) is 6.04 Å². The van der Waals surface area contributed by atoms with Crippen LogP contribution in [0.4, 0.5) is 0 Å². The van der Waals surface area contributed by atoms with Crippen molar-refractivity contribution in [2.45, 2.75) is 46.6 Å². The molecule has 2 unspecified atom stereocenters. The van der Waals surface area contributed by atoms with Gasteiger partial charge in [-0.2, -0.15) is 0 Å². The molecule has 84 valence electrons. The highest BCUT2D eigenvalue weighted by atomic mass is 16.1. The molecule has 0 spiro atoms. The van der Waals surface area contributed by atoms with Gasteiger partial charge in [-0.3, -0.25) is 4.79 Å². The smallest absolute Gasteiger partial charge is 0.217 e. The highest BCUT2D eigenvalue weighted by Gasteiger charge is 2.20. The van der Waals surface area contributed by atoms with E-state index in [4.69, 9.17) is 0 Å². The lowest BCUT2D eigenvalue weighted by atomic mass is 9.93. The third-order valence-electron chi connectivity index (χ3n) is 2.43. The highest BCUT2D eigenvalue weighted by molar-refractivity contribution is 5.73. The number of hydrogen-bond donors (Lipinski definition) is 2. The summed E-state index contributed by atoms with van der Waals surface area (Å²) in [5.41, 5.74) is 0. The topological polar surface area (TPSA) is 41.1 Å². The fourth-order valence-corrected chi connectivity index (χ4v) is 1.74. The summed E-state index contributed by atoms with van der Waals surface area (Å²) < 4.78 is 0. The first kappa shape index (κ1) is 13.4. The molecular weight excluding hydrogens is 176 g/mol. The summed E-state index contributed by atoms with van der Waals surface area (Å²) in [6.45, 7) is 9.81. The SMILES string of the molecule is CC.CCC1CNCC(NC(C)=O)C1. The molecule has 1 fully saturated rings. The Morgan fingerprint density at radius 1 is 1.43 bits per heavy atom. The van der Waals surface area contributed by atoms with Crippen LogP contribution in [0.2, 0.25) is 0 Å². The molecule has 1 saturated heterocycles. The van der Waals surface area contributed by atoms with Gasteiger partial charge in [0.2, 0.25) is 5.91 Å². The molecule has 1 rings (SSSR count). The zero-order chi connectivity index (χ0) is 11.0. The lowest BCUT2D eigenvalue weighted by Crippen LogP contribution is -2.48. The largest absolute Gasteiger partial charge is 0.352 e. The summed E-state index contributed by atoms with van der Waals surface area (Å²) in [5, 5.41) is 6.27. The standard InChI is InChI=1S/C9H18N2O.C2H6/c1-3-8-4-9(6-10-5-8)11-7(2)12;1-2/h8-10H,3-6H2,1-2H3,(H,11,12);1-2H3. The van der Waals surface area contributed by atoms with Crippen LogP contribution in [0.3, 0.4) is 0 Å². The van der Waals surface area contributed by atoms with Crippen LogP contribution in [-0.4, -0.2) is 25.0 Å². The van der Waals surface area contributed by atoms with Crippen LogP contribution < -0.4 is 10.6 Å². The molecule has 0 saturated carbocycles. The van der Waals surface area contributed by atoms with E-state index in [-0.39, 0.29) is 5.91 Å². The van der Waals surface area contributed by atoms with E-state index in [1.807, 2.05) is 13.8 Å². The van der Waals surface area contributed by atoms with E-state index < -0.39 is 0 Å². The van der Waals surface area contributed by atoms with E-state index in [1.54, 1.807) is 6.92 Å². The van der Waals surface area contributed by atoms with Gasteiger partial charge in [-0.25, -0.2) is 0 Å². The van der Waals surface area contributed by atoms with Crippen LogP contribution >= 0.6 is 0 Å². The lowest BCUT2D eigenvalue weighted by molar-refractivity contribution is -0.119. The van der Waals surface area contributed by atoms with Gasteiger partial charge in [0, 0.05) is 19.5 Å². The first-order chi connectivity index (χ1) is 6.72. The summed E-state index contributed by atoms with van der Waals surface area (Å²) in [5.74, 6) is 0.814. The maximum atomic E-state index is 10.8. The molecule has 3 nitrogen and oxygen atoms in total. The minimum atomic E-state index is 0.0820. The Balaban J connectivity index is 0.000000791. The molecule has 0 aliphatic carbocycles. The molecule has 1 aliphatic rings. The Bertz CT molecular complexity index is 159. The second kappa shape index (κ2) is 7.80. The van der Waals surface area contributed by atoms with Gasteiger partial charge in [0.1, 0.15) is 0 Å². The molecule has 2 atom stereocenters. The fourth-order valence-electron chi connectivity index (χ4n) is 1.74. The van der Waals surface area contributed by atoms with Gasteiger partial charge >= 0.3 is 0 Å². The van der Waals surface area contributed by atoms with Crippen molar-refractivity contribution in [2.75, 3.05) is 13.1 Å². The number of nitrogens with one attached hydrogen (secondary N) is 2. The number of rotatable bonds is 2. The molecule has 1 aliphatic heterocycles. The molecule has 2 N–H and O–H groups in total. The molecule has 0 aromatic heterocycles. The van der Waals surface area contributed by atoms with Crippen molar-refractivity contribution in [1.82, 2.24) is 10.6 Å². The Labute approximate surface area is 87.6 Å². The minimum absolute atomic E-state index is 0.0820. The average Bonchev–Trinajstić information content (AvgIpc) is 2.20. The van der Waals surface area contributed by atoms with Crippen molar-refractivity contribution < 1.29 is 4.79 Å². The predicted octanol–water partition coefficient (Wildman–Crippen LogP) is 1.54. The molecule has 14 heavy (non-hydrogen) atoms. The van der Waals surface area contributed by atoms with E-state index in [0.717, 1.165) is 25.4 Å². The highest BCUT2D eigenvalue weighted by Crippen LogP contribution is 2.13. The van der Waals surface area contributed by atoms with Crippen LogP contribution in [0.5, 0.6) is 0 Å². The Kier molecular flexibility index (Phi) is 7.48. The normalized spacial score (nSPS) is 26.0. The van der Waals surface area contributed by atoms with Crippen molar-refractivity contribution in [2.24, 2.45) is 5.92 Å². The van der Waals surface area contributed by atoms with Gasteiger partial charge in [0.05, 0.1) is 0 Å². The van der Waals surface area contributed by atoms with Crippen molar-refractivity contribution in [3.05, 3.63) is 0 Å². The van der Waals surface area contributed by atoms with Crippen LogP contribution in [0.1, 0.15) is 40.5 Å². The molecule has 0 bridgehead atoms. The third-order valence-corrected chi connectivity index (χ3v) is 2.43. The molecule has 1 heterocycles. The van der Waals surface area contributed by atoms with Crippen LogP contribution in [0.15, 0.2) is 0 Å². The summed E-state index contributed by atoms with van der Waals surface area (Å²) in [7, 11) is 0. The monoisotopic (exact) mass is 200 g/mol. The quantitative estimate of drug-likeness (QED) is 0.710. The first-order valence-electron chi connectivity index (χ1n) is 5.70. The number of carbonyl (C=O) groups excluding carboxylic acids is 1. The van der Waals surface area contributed by atoms with Crippen LogP contribution in [-0.2, 0) is 4.79 Å². The van der Waals surface area contributed by atoms with Gasteiger partial charge in [0.25, 0.3) is 0 Å². The van der Waals surface area contributed by atoms with Crippen LogP contribution in [0.25, 0.3) is 0 Å². The minimum Gasteiger partial charge on any atom is -0.352 e. The Hall–Kier alpha value is -0.570. The van der Waals surface area contributed by atoms with Crippen molar-refractivity contribution in [3.8, 4) is 0 Å². The van der Waals surface area contributed by atoms with Crippen molar-refractivity contribution in [3.63, 3.8) is 0 Å². The molecule has 1 amide bonds. The Morgan fingerprint density at radius 2 is 2.07 bits per heavy atom. The van der Waals surface area contributed by atoms with Gasteiger partial charge in [0.15, 0.2) is 0 Å². The maximum absolute atomic E-state index is 10.8. The number of hydrogen-bond acceptors (Lipinski definition) is 2. The van der Waals surface area contributed by atoms with Crippen molar-refractivity contribution in [1.29, 1.82) is 0 Å². The zero-order valence-corrected chi connectivity index (χ0v) is 9.89. The van der Waals surface area contributed by atoms with E-state index in [2.05, 4.69) is 17.6 Å². The van der Waals surface area contributed by atoms with Crippen LogP contribution in [0, 0.1) is 5.92 Å². The third kappa shape index (κ3) is 5.22. The molecule has 0 aromatic carbocycles. The number of piperidine rings is 1. The van der Waals surface area contributed by atoms with Gasteiger partial charge < -0.3 is 10.6 Å². The second-order valence-corrected chi connectivity index (χ2v) is 3.57. The second-order valence-electron chi connectivity index (χ2n) is 3.57. The summed E-state index contributed by atoms with van der Waals surface area (Å²) in [6, 6.07) is 0.348. The summed E-state index contributed by atoms with van der Waals surface area (Å²) >= 11 is 0. The lowest BCUT2D eigenvalue weighted by Gasteiger charge is -2.29. The average molecular weight is 200 g/mol. The molecular formula is C11H24N2O. The number of amides is 1. The first-order valence-corrected chi connectivity index (χ1v) is 5.70. The molecule has 3 heteroatoms. The Morgan fingerprint density at radius 3 is 2.57 bits per heavy atom. The molecule has 0 radical (unpaired) electrons. The zero-order valence-electron chi connectivity index (χ0n) is 9.89. The summed E-state index contributed by atoms with van der Waals surface area (Å²) in [4.78, 5) is 10.8. The van der Waals surface area contributed by atoms with Gasteiger partial charge in [-0.05, 0) is 18.9 Å². The molecule has 0 aromatic rings. The maximum Gasteiger partial charge on any atom is 0.217 e.